The van der Waals surface area contributed by atoms with Gasteiger partial charge in [0.1, 0.15) is 5.82 Å². The van der Waals surface area contributed by atoms with E-state index in [1.54, 1.807) is 0 Å². The van der Waals surface area contributed by atoms with Gasteiger partial charge in [-0.2, -0.15) is 0 Å². The van der Waals surface area contributed by atoms with Gasteiger partial charge in [0.25, 0.3) is 0 Å². The summed E-state index contributed by atoms with van der Waals surface area (Å²) in [5.41, 5.74) is 2.43. The first kappa shape index (κ1) is 10.9. The minimum absolute atomic E-state index is 0.352. The van der Waals surface area contributed by atoms with Gasteiger partial charge < -0.3 is 10.3 Å². The number of hydrogen-bond acceptors (Lipinski definition) is 2. The quantitative estimate of drug-likeness (QED) is 0.823. The van der Waals surface area contributed by atoms with E-state index in [1.165, 1.54) is 5.56 Å². The lowest BCUT2D eigenvalue weighted by Gasteiger charge is -2.13. The van der Waals surface area contributed by atoms with Crippen LogP contribution in [0.15, 0.2) is 36.5 Å². The van der Waals surface area contributed by atoms with Crippen LogP contribution in [0.5, 0.6) is 0 Å². The first-order valence-corrected chi connectivity index (χ1v) is 5.54. The monoisotopic (exact) mass is 215 g/mol. The van der Waals surface area contributed by atoms with Crippen molar-refractivity contribution in [1.29, 1.82) is 0 Å². The summed E-state index contributed by atoms with van der Waals surface area (Å²) in [6.07, 6.45) is 1.88. The molecule has 0 fully saturated rings. The maximum atomic E-state index is 4.17. The maximum absolute atomic E-state index is 4.17. The Kier molecular flexibility index (Phi) is 3.37. The molecule has 2 N–H and O–H groups in total. The Hall–Kier alpha value is -1.61. The standard InChI is InChI=1S/C13H17N3/c1-10(12-6-4-3-5-7-12)14-8-13-9-15-11(2)16-13/h3-7,9-10,14H,8H2,1-2H3,(H,15,16)/t10-/m0/s1. The highest BCUT2D eigenvalue weighted by Gasteiger charge is 2.04. The molecule has 2 aromatic rings. The highest BCUT2D eigenvalue weighted by molar-refractivity contribution is 5.18. The Labute approximate surface area is 95.9 Å². The second kappa shape index (κ2) is 4.94. The third-order valence-electron chi connectivity index (χ3n) is 2.65. The second-order valence-corrected chi connectivity index (χ2v) is 4.01. The molecule has 3 nitrogen and oxygen atoms in total. The molecule has 16 heavy (non-hydrogen) atoms. The Balaban J connectivity index is 1.91. The summed E-state index contributed by atoms with van der Waals surface area (Å²) in [5.74, 6) is 0.962. The normalized spacial score (nSPS) is 12.6. The van der Waals surface area contributed by atoms with Crippen LogP contribution in [0.25, 0.3) is 0 Å². The summed E-state index contributed by atoms with van der Waals surface area (Å²) in [5, 5.41) is 3.46. The Morgan fingerprint density at radius 3 is 2.69 bits per heavy atom. The average molecular weight is 215 g/mol. The molecule has 0 saturated heterocycles. The number of aromatic nitrogens is 2. The molecule has 1 heterocycles. The van der Waals surface area contributed by atoms with E-state index in [2.05, 4.69) is 46.5 Å². The van der Waals surface area contributed by atoms with E-state index in [0.717, 1.165) is 18.1 Å². The largest absolute Gasteiger partial charge is 0.345 e. The molecule has 0 spiro atoms. The summed E-state index contributed by atoms with van der Waals surface area (Å²) < 4.78 is 0. The average Bonchev–Trinajstić information content (AvgIpc) is 2.73. The van der Waals surface area contributed by atoms with Crippen molar-refractivity contribution in [3.63, 3.8) is 0 Å². The van der Waals surface area contributed by atoms with E-state index in [9.17, 15) is 0 Å². The zero-order valence-corrected chi connectivity index (χ0v) is 9.70. The van der Waals surface area contributed by atoms with Crippen LogP contribution in [-0.4, -0.2) is 9.97 Å². The van der Waals surface area contributed by atoms with E-state index in [4.69, 9.17) is 0 Å². The molecule has 84 valence electrons. The van der Waals surface area contributed by atoms with E-state index in [-0.39, 0.29) is 0 Å². The first-order valence-electron chi connectivity index (χ1n) is 5.54. The Morgan fingerprint density at radius 1 is 1.31 bits per heavy atom. The van der Waals surface area contributed by atoms with Crippen LogP contribution < -0.4 is 5.32 Å². The minimum atomic E-state index is 0.352. The molecule has 2 rings (SSSR count). The van der Waals surface area contributed by atoms with Gasteiger partial charge in [0, 0.05) is 24.5 Å². The van der Waals surface area contributed by atoms with E-state index in [1.807, 2.05) is 19.2 Å². The van der Waals surface area contributed by atoms with Crippen LogP contribution >= 0.6 is 0 Å². The summed E-state index contributed by atoms with van der Waals surface area (Å²) in [6.45, 7) is 4.94. The van der Waals surface area contributed by atoms with Crippen LogP contribution in [0, 0.1) is 6.92 Å². The Morgan fingerprint density at radius 2 is 2.06 bits per heavy atom. The number of nitrogens with one attached hydrogen (secondary N) is 2. The number of rotatable bonds is 4. The molecule has 0 amide bonds. The van der Waals surface area contributed by atoms with Gasteiger partial charge in [-0.1, -0.05) is 30.3 Å². The van der Waals surface area contributed by atoms with Crippen LogP contribution in [0.4, 0.5) is 0 Å². The third kappa shape index (κ3) is 2.70. The third-order valence-corrected chi connectivity index (χ3v) is 2.65. The molecule has 1 aromatic carbocycles. The van der Waals surface area contributed by atoms with Gasteiger partial charge in [-0.05, 0) is 19.4 Å². The van der Waals surface area contributed by atoms with Crippen molar-refractivity contribution >= 4 is 0 Å². The number of benzene rings is 1. The fourth-order valence-electron chi connectivity index (χ4n) is 1.68. The van der Waals surface area contributed by atoms with Gasteiger partial charge >= 0.3 is 0 Å². The van der Waals surface area contributed by atoms with Crippen molar-refractivity contribution in [2.45, 2.75) is 26.4 Å². The number of aryl methyl sites for hydroxylation is 1. The van der Waals surface area contributed by atoms with Crippen LogP contribution in [0.3, 0.4) is 0 Å². The predicted molar refractivity (Wildman–Crippen MR) is 65.0 cm³/mol. The molecule has 0 radical (unpaired) electrons. The number of H-pyrrole nitrogens is 1. The van der Waals surface area contributed by atoms with Crippen molar-refractivity contribution in [3.05, 3.63) is 53.6 Å². The molecule has 0 aliphatic heterocycles. The lowest BCUT2D eigenvalue weighted by Crippen LogP contribution is -2.18. The summed E-state index contributed by atoms with van der Waals surface area (Å²) >= 11 is 0. The lowest BCUT2D eigenvalue weighted by atomic mass is 10.1. The number of imidazole rings is 1. The van der Waals surface area contributed by atoms with Gasteiger partial charge in [0.2, 0.25) is 0 Å². The molecule has 1 aromatic heterocycles. The van der Waals surface area contributed by atoms with E-state index < -0.39 is 0 Å². The lowest BCUT2D eigenvalue weighted by molar-refractivity contribution is 0.568. The molecular formula is C13H17N3. The van der Waals surface area contributed by atoms with Crippen molar-refractivity contribution in [3.8, 4) is 0 Å². The van der Waals surface area contributed by atoms with Crippen molar-refractivity contribution in [2.24, 2.45) is 0 Å². The molecule has 0 aliphatic carbocycles. The topological polar surface area (TPSA) is 40.7 Å². The SMILES string of the molecule is Cc1ncc(CN[C@@H](C)c2ccccc2)[nH]1. The zero-order valence-electron chi connectivity index (χ0n) is 9.70. The highest BCUT2D eigenvalue weighted by Crippen LogP contribution is 2.11. The molecule has 3 heteroatoms. The van der Waals surface area contributed by atoms with Crippen LogP contribution in [0.2, 0.25) is 0 Å². The Bertz CT molecular complexity index is 433. The number of aromatic amines is 1. The van der Waals surface area contributed by atoms with Gasteiger partial charge in [0.05, 0.1) is 0 Å². The fourth-order valence-corrected chi connectivity index (χ4v) is 1.68. The minimum Gasteiger partial charge on any atom is -0.345 e. The second-order valence-electron chi connectivity index (χ2n) is 4.01. The molecule has 0 bridgehead atoms. The molecule has 0 aliphatic rings. The van der Waals surface area contributed by atoms with Gasteiger partial charge in [-0.3, -0.25) is 0 Å². The predicted octanol–water partition coefficient (Wildman–Crippen LogP) is 2.57. The molecule has 1 atom stereocenters. The van der Waals surface area contributed by atoms with Gasteiger partial charge in [-0.25, -0.2) is 4.98 Å². The van der Waals surface area contributed by atoms with Gasteiger partial charge in [0.15, 0.2) is 0 Å². The molecule has 0 unspecified atom stereocenters. The fraction of sp³-hybridized carbons (Fsp3) is 0.308. The smallest absolute Gasteiger partial charge is 0.103 e. The van der Waals surface area contributed by atoms with Crippen LogP contribution in [-0.2, 0) is 6.54 Å². The zero-order chi connectivity index (χ0) is 11.4. The summed E-state index contributed by atoms with van der Waals surface area (Å²) in [4.78, 5) is 7.38. The van der Waals surface area contributed by atoms with Crippen LogP contribution in [0.1, 0.15) is 30.0 Å². The highest BCUT2D eigenvalue weighted by atomic mass is 15.0. The van der Waals surface area contributed by atoms with Gasteiger partial charge in [-0.15, -0.1) is 0 Å². The van der Waals surface area contributed by atoms with E-state index in [0.29, 0.717) is 6.04 Å². The van der Waals surface area contributed by atoms with Crippen molar-refractivity contribution in [1.82, 2.24) is 15.3 Å². The number of hydrogen-bond donors (Lipinski definition) is 2. The first-order chi connectivity index (χ1) is 7.75. The molecular weight excluding hydrogens is 198 g/mol. The van der Waals surface area contributed by atoms with E-state index >= 15 is 0 Å². The summed E-state index contributed by atoms with van der Waals surface area (Å²) in [6, 6.07) is 10.8. The van der Waals surface area contributed by atoms with Crippen molar-refractivity contribution < 1.29 is 0 Å². The summed E-state index contributed by atoms with van der Waals surface area (Å²) in [7, 11) is 0. The molecule has 0 saturated carbocycles. The van der Waals surface area contributed by atoms with Crippen molar-refractivity contribution in [2.75, 3.05) is 0 Å². The number of nitrogens with zero attached hydrogens (tertiary/aromatic N) is 1. The maximum Gasteiger partial charge on any atom is 0.103 e.